The van der Waals surface area contributed by atoms with E-state index in [2.05, 4.69) is 10.3 Å². The molecule has 1 aromatic heterocycles. The van der Waals surface area contributed by atoms with Crippen LogP contribution in [-0.4, -0.2) is 66.1 Å². The third kappa shape index (κ3) is 5.89. The smallest absolute Gasteiger partial charge is 0.265 e. The number of nitrogens with one attached hydrogen (secondary N) is 2. The first-order valence-corrected chi connectivity index (χ1v) is 11.5. The number of rotatable bonds is 9. The fourth-order valence-electron chi connectivity index (χ4n) is 3.51. The van der Waals surface area contributed by atoms with Crippen molar-refractivity contribution in [1.29, 1.82) is 0 Å². The van der Waals surface area contributed by atoms with Gasteiger partial charge in [-0.15, -0.1) is 0 Å². The molecule has 1 aromatic carbocycles. The van der Waals surface area contributed by atoms with Gasteiger partial charge in [-0.3, -0.25) is 14.8 Å². The third-order valence-corrected chi connectivity index (χ3v) is 7.77. The number of sulfone groups is 1. The number of hydrogen-bond acceptors (Lipinski definition) is 8. The molecular weight excluding hydrogens is 452 g/mol. The Bertz CT molecular complexity index is 1040. The number of carbonyl (C=O) groups is 2. The number of hydroxylamine groups is 1. The molecule has 1 aliphatic rings. The van der Waals surface area contributed by atoms with E-state index in [1.54, 1.807) is 17.1 Å². The van der Waals surface area contributed by atoms with E-state index >= 15 is 0 Å². The molecule has 2 amide bonds. The van der Waals surface area contributed by atoms with Gasteiger partial charge in [-0.05, 0) is 37.1 Å². The Morgan fingerprint density at radius 3 is 2.48 bits per heavy atom. The Labute approximate surface area is 193 Å². The van der Waals surface area contributed by atoms with Gasteiger partial charge in [0.05, 0.1) is 29.9 Å². The summed E-state index contributed by atoms with van der Waals surface area (Å²) in [5, 5.41) is 11.8. The van der Waals surface area contributed by atoms with Gasteiger partial charge in [0.15, 0.2) is 14.6 Å². The summed E-state index contributed by atoms with van der Waals surface area (Å²) in [6.07, 6.45) is 3.44. The van der Waals surface area contributed by atoms with Crippen LogP contribution in [-0.2, 0) is 37.6 Å². The number of aromatic nitrogens is 2. The van der Waals surface area contributed by atoms with E-state index in [9.17, 15) is 18.0 Å². The lowest BCUT2D eigenvalue weighted by Gasteiger charge is -2.34. The third-order valence-electron chi connectivity index (χ3n) is 5.26. The van der Waals surface area contributed by atoms with Crippen molar-refractivity contribution in [3.05, 3.63) is 42.5 Å². The highest BCUT2D eigenvalue weighted by molar-refractivity contribution is 7.93. The zero-order valence-corrected chi connectivity index (χ0v) is 18.4. The van der Waals surface area contributed by atoms with Gasteiger partial charge in [-0.2, -0.15) is 0 Å². The molecule has 1 aliphatic heterocycles. The summed E-state index contributed by atoms with van der Waals surface area (Å²) in [6, 6.07) is 5.66. The van der Waals surface area contributed by atoms with Gasteiger partial charge in [0.1, 0.15) is 12.4 Å². The van der Waals surface area contributed by atoms with Crippen molar-refractivity contribution in [2.45, 2.75) is 36.3 Å². The summed E-state index contributed by atoms with van der Waals surface area (Å²) < 4.78 is 37.1. The highest BCUT2D eigenvalue weighted by Gasteiger charge is 2.52. The van der Waals surface area contributed by atoms with Crippen molar-refractivity contribution < 1.29 is 32.7 Å². The SMILES string of the molecule is C.Cn1cnc(CC(=O)NCCOc2ccc(S(=O)(=O)C3(C(=O)NO)CCOCC3)cc2)c1. The fraction of sp³-hybridized carbons (Fsp3) is 0.476. The molecule has 1 saturated heterocycles. The van der Waals surface area contributed by atoms with E-state index in [1.165, 1.54) is 29.7 Å². The van der Waals surface area contributed by atoms with Crippen LogP contribution >= 0.6 is 0 Å². The molecule has 0 spiro atoms. The van der Waals surface area contributed by atoms with Crippen molar-refractivity contribution in [1.82, 2.24) is 20.3 Å². The first-order valence-electron chi connectivity index (χ1n) is 10.0. The van der Waals surface area contributed by atoms with E-state index in [0.717, 1.165) is 0 Å². The normalized spacial score (nSPS) is 15.2. The van der Waals surface area contributed by atoms with Crippen LogP contribution in [0, 0.1) is 0 Å². The van der Waals surface area contributed by atoms with Gasteiger partial charge >= 0.3 is 0 Å². The molecule has 11 nitrogen and oxygen atoms in total. The largest absolute Gasteiger partial charge is 0.492 e. The maximum Gasteiger partial charge on any atom is 0.265 e. The van der Waals surface area contributed by atoms with Crippen LogP contribution in [0.25, 0.3) is 0 Å². The van der Waals surface area contributed by atoms with Crippen LogP contribution in [0.4, 0.5) is 0 Å². The standard InChI is InChI=1S/C20H26N4O7S.CH4/c1-24-13-15(22-14-24)12-18(25)21-8-11-31-16-2-4-17(5-3-16)32(28,29)20(19(26)23-27)6-9-30-10-7-20;/h2-5,13-14,27H,6-12H2,1H3,(H,21,25)(H,23,26);1H4. The lowest BCUT2D eigenvalue weighted by molar-refractivity contribution is -0.134. The van der Waals surface area contributed by atoms with Crippen LogP contribution in [0.2, 0.25) is 0 Å². The maximum atomic E-state index is 13.2. The highest BCUT2D eigenvalue weighted by Crippen LogP contribution is 2.35. The monoisotopic (exact) mass is 482 g/mol. The summed E-state index contributed by atoms with van der Waals surface area (Å²) in [7, 11) is -2.27. The molecule has 3 N–H and O–H groups in total. The second-order valence-corrected chi connectivity index (χ2v) is 9.69. The number of carbonyl (C=O) groups excluding carboxylic acids is 2. The Kier molecular flexibility index (Phi) is 8.97. The minimum absolute atomic E-state index is 0. The molecule has 0 aliphatic carbocycles. The van der Waals surface area contributed by atoms with Crippen molar-refractivity contribution in [3.8, 4) is 5.75 Å². The lowest BCUT2D eigenvalue weighted by Crippen LogP contribution is -2.54. The number of aryl methyl sites for hydroxylation is 1. The van der Waals surface area contributed by atoms with Crippen LogP contribution in [0.15, 0.2) is 41.7 Å². The van der Waals surface area contributed by atoms with Crippen molar-refractivity contribution in [3.63, 3.8) is 0 Å². The molecule has 3 rings (SSSR count). The second kappa shape index (κ2) is 11.3. The molecule has 0 radical (unpaired) electrons. The topological polar surface area (TPSA) is 149 Å². The average Bonchev–Trinajstić information content (AvgIpc) is 3.21. The number of amides is 2. The van der Waals surface area contributed by atoms with Crippen LogP contribution in [0.5, 0.6) is 5.75 Å². The lowest BCUT2D eigenvalue weighted by atomic mass is 9.98. The second-order valence-electron chi connectivity index (χ2n) is 7.43. The summed E-state index contributed by atoms with van der Waals surface area (Å²) in [5.41, 5.74) is 2.15. The molecule has 0 atom stereocenters. The summed E-state index contributed by atoms with van der Waals surface area (Å²) >= 11 is 0. The minimum atomic E-state index is -4.09. The average molecular weight is 483 g/mol. The Balaban J connectivity index is 0.00000385. The quantitative estimate of drug-likeness (QED) is 0.268. The molecular formula is C21H30N4O7S. The number of hydrogen-bond donors (Lipinski definition) is 3. The summed E-state index contributed by atoms with van der Waals surface area (Å²) in [5.74, 6) is -0.740. The predicted octanol–water partition coefficient (Wildman–Crippen LogP) is 0.622. The number of benzene rings is 1. The van der Waals surface area contributed by atoms with Crippen molar-refractivity contribution in [2.75, 3.05) is 26.4 Å². The first kappa shape index (κ1) is 26.3. The van der Waals surface area contributed by atoms with E-state index < -0.39 is 20.5 Å². The van der Waals surface area contributed by atoms with Gasteiger partial charge in [0.2, 0.25) is 5.91 Å². The van der Waals surface area contributed by atoms with Gasteiger partial charge in [0.25, 0.3) is 5.91 Å². The number of nitrogens with zero attached hydrogens (tertiary/aromatic N) is 2. The van der Waals surface area contributed by atoms with Gasteiger partial charge in [0, 0.05) is 26.5 Å². The zero-order valence-electron chi connectivity index (χ0n) is 17.6. The molecule has 182 valence electrons. The molecule has 2 aromatic rings. The van der Waals surface area contributed by atoms with Crippen LogP contribution < -0.4 is 15.5 Å². The Morgan fingerprint density at radius 1 is 1.24 bits per heavy atom. The predicted molar refractivity (Wildman–Crippen MR) is 118 cm³/mol. The Morgan fingerprint density at radius 2 is 1.91 bits per heavy atom. The van der Waals surface area contributed by atoms with E-state index in [1.807, 2.05) is 7.05 Å². The summed E-state index contributed by atoms with van der Waals surface area (Å²) in [4.78, 5) is 28.2. The van der Waals surface area contributed by atoms with Gasteiger partial charge in [-0.25, -0.2) is 18.9 Å². The van der Waals surface area contributed by atoms with Crippen LogP contribution in [0.3, 0.4) is 0 Å². The minimum Gasteiger partial charge on any atom is -0.492 e. The first-order chi connectivity index (χ1) is 15.3. The van der Waals surface area contributed by atoms with Crippen molar-refractivity contribution in [2.24, 2.45) is 7.05 Å². The maximum absolute atomic E-state index is 13.2. The molecule has 0 saturated carbocycles. The van der Waals surface area contributed by atoms with Gasteiger partial charge < -0.3 is 19.4 Å². The highest BCUT2D eigenvalue weighted by atomic mass is 32.2. The molecule has 1 fully saturated rings. The van der Waals surface area contributed by atoms with Crippen molar-refractivity contribution >= 4 is 21.7 Å². The number of imidazole rings is 1. The molecule has 12 heteroatoms. The van der Waals surface area contributed by atoms with E-state index in [0.29, 0.717) is 11.4 Å². The van der Waals surface area contributed by atoms with Crippen LogP contribution in [0.1, 0.15) is 26.0 Å². The number of ether oxygens (including phenoxy) is 2. The summed E-state index contributed by atoms with van der Waals surface area (Å²) in [6.45, 7) is 0.652. The molecule has 2 heterocycles. The molecule has 0 bridgehead atoms. The molecule has 0 unspecified atom stereocenters. The van der Waals surface area contributed by atoms with E-state index in [4.69, 9.17) is 14.7 Å². The Hall–Kier alpha value is -2.96. The zero-order chi connectivity index (χ0) is 23.2. The molecule has 33 heavy (non-hydrogen) atoms. The van der Waals surface area contributed by atoms with Gasteiger partial charge in [-0.1, -0.05) is 7.43 Å². The van der Waals surface area contributed by atoms with E-state index in [-0.39, 0.29) is 63.9 Å². The fourth-order valence-corrected chi connectivity index (χ4v) is 5.45.